The molecule has 68 valence electrons. The second kappa shape index (κ2) is 3.04. The van der Waals surface area contributed by atoms with Gasteiger partial charge in [-0.3, -0.25) is 4.79 Å². The molecule has 0 N–H and O–H groups in total. The van der Waals surface area contributed by atoms with Crippen molar-refractivity contribution in [2.45, 2.75) is 40.0 Å². The summed E-state index contributed by atoms with van der Waals surface area (Å²) in [5.41, 5.74) is 1.09. The van der Waals surface area contributed by atoms with E-state index >= 15 is 0 Å². The highest BCUT2D eigenvalue weighted by Gasteiger charge is 2.34. The van der Waals surface area contributed by atoms with Gasteiger partial charge in [-0.05, 0) is 25.7 Å². The van der Waals surface area contributed by atoms with Crippen LogP contribution in [0.3, 0.4) is 0 Å². The Hall–Kier alpha value is -0.590. The molecule has 1 fully saturated rings. The van der Waals surface area contributed by atoms with Gasteiger partial charge in [0.15, 0.2) is 0 Å². The van der Waals surface area contributed by atoms with Crippen molar-refractivity contribution in [1.29, 1.82) is 0 Å². The van der Waals surface area contributed by atoms with Crippen LogP contribution in [0.25, 0.3) is 0 Å². The van der Waals surface area contributed by atoms with E-state index < -0.39 is 0 Å². The Kier molecular flexibility index (Phi) is 2.41. The van der Waals surface area contributed by atoms with Crippen molar-refractivity contribution in [3.05, 3.63) is 12.2 Å². The molecule has 0 saturated heterocycles. The van der Waals surface area contributed by atoms with Gasteiger partial charge in [-0.25, -0.2) is 0 Å². The molecule has 0 aliphatic heterocycles. The van der Waals surface area contributed by atoms with Gasteiger partial charge < -0.3 is 0 Å². The maximum atomic E-state index is 11.6. The first kappa shape index (κ1) is 9.50. The van der Waals surface area contributed by atoms with Crippen molar-refractivity contribution < 1.29 is 4.79 Å². The number of hydrogen-bond acceptors (Lipinski definition) is 1. The summed E-state index contributed by atoms with van der Waals surface area (Å²) in [5, 5.41) is 0. The third kappa shape index (κ3) is 1.77. The summed E-state index contributed by atoms with van der Waals surface area (Å²) in [4.78, 5) is 11.6. The second-order valence-electron chi connectivity index (χ2n) is 4.59. The number of hydrogen-bond donors (Lipinski definition) is 0. The number of rotatable bonds is 1. The van der Waals surface area contributed by atoms with Crippen LogP contribution < -0.4 is 0 Å². The van der Waals surface area contributed by atoms with Crippen LogP contribution in [0.5, 0.6) is 0 Å². The Morgan fingerprint density at radius 3 is 2.58 bits per heavy atom. The molecular weight excluding hydrogens is 148 g/mol. The summed E-state index contributed by atoms with van der Waals surface area (Å²) in [5.74, 6) is 0.854. The smallest absolute Gasteiger partial charge is 0.139 e. The number of carbonyl (C=O) groups is 1. The molecule has 1 rings (SSSR count). The molecule has 1 heteroatoms. The first-order valence-corrected chi connectivity index (χ1v) is 4.62. The van der Waals surface area contributed by atoms with Crippen LogP contribution in [0.4, 0.5) is 0 Å². The zero-order chi connectivity index (χ0) is 9.35. The molecule has 0 amide bonds. The SMILES string of the molecule is C=C(C)C1CCC(C)(C)C(=O)C1. The van der Waals surface area contributed by atoms with Crippen LogP contribution in [0, 0.1) is 11.3 Å². The summed E-state index contributed by atoms with van der Waals surface area (Å²) in [6, 6.07) is 0. The van der Waals surface area contributed by atoms with Crippen molar-refractivity contribution in [2.24, 2.45) is 11.3 Å². The number of carbonyl (C=O) groups excluding carboxylic acids is 1. The van der Waals surface area contributed by atoms with Gasteiger partial charge in [-0.1, -0.05) is 26.0 Å². The monoisotopic (exact) mass is 166 g/mol. The summed E-state index contributed by atoms with van der Waals surface area (Å²) in [6.45, 7) is 10.0. The Morgan fingerprint density at radius 1 is 1.58 bits per heavy atom. The quantitative estimate of drug-likeness (QED) is 0.547. The molecule has 0 aromatic rings. The number of Topliss-reactive ketones (excluding diaryl/α,β-unsaturated/α-hetero) is 1. The third-order valence-electron chi connectivity index (χ3n) is 3.00. The molecule has 1 saturated carbocycles. The maximum Gasteiger partial charge on any atom is 0.139 e. The van der Waals surface area contributed by atoms with Crippen molar-refractivity contribution in [3.63, 3.8) is 0 Å². The lowest BCUT2D eigenvalue weighted by molar-refractivity contribution is -0.130. The topological polar surface area (TPSA) is 17.1 Å². The average molecular weight is 166 g/mol. The molecule has 0 aromatic heterocycles. The molecule has 1 atom stereocenters. The van der Waals surface area contributed by atoms with E-state index in [0.29, 0.717) is 18.1 Å². The summed E-state index contributed by atoms with van der Waals surface area (Å²) in [7, 11) is 0. The van der Waals surface area contributed by atoms with Crippen LogP contribution in [0.2, 0.25) is 0 Å². The minimum Gasteiger partial charge on any atom is -0.299 e. The molecule has 1 unspecified atom stereocenters. The second-order valence-corrected chi connectivity index (χ2v) is 4.59. The minimum absolute atomic E-state index is 0.0774. The Balaban J connectivity index is 2.64. The molecule has 0 spiro atoms. The van der Waals surface area contributed by atoms with E-state index in [2.05, 4.69) is 6.58 Å². The van der Waals surface area contributed by atoms with Gasteiger partial charge in [0.25, 0.3) is 0 Å². The summed E-state index contributed by atoms with van der Waals surface area (Å²) >= 11 is 0. The highest BCUT2D eigenvalue weighted by atomic mass is 16.1. The van der Waals surface area contributed by atoms with E-state index in [1.807, 2.05) is 20.8 Å². The standard InChI is InChI=1S/C11H18O/c1-8(2)9-5-6-11(3,4)10(12)7-9/h9H,1,5-7H2,2-4H3. The molecule has 12 heavy (non-hydrogen) atoms. The van der Waals surface area contributed by atoms with Crippen LogP contribution in [0.15, 0.2) is 12.2 Å². The van der Waals surface area contributed by atoms with Crippen LogP contribution in [-0.2, 0) is 4.79 Å². The summed E-state index contributed by atoms with van der Waals surface area (Å²) in [6.07, 6.45) is 2.86. The first-order chi connectivity index (χ1) is 5.43. The molecule has 0 aromatic carbocycles. The molecule has 1 nitrogen and oxygen atoms in total. The first-order valence-electron chi connectivity index (χ1n) is 4.62. The van der Waals surface area contributed by atoms with Gasteiger partial charge in [0.1, 0.15) is 5.78 Å². The van der Waals surface area contributed by atoms with Crippen molar-refractivity contribution in [2.75, 3.05) is 0 Å². The maximum absolute atomic E-state index is 11.6. The van der Waals surface area contributed by atoms with Gasteiger partial charge in [-0.15, -0.1) is 0 Å². The fourth-order valence-corrected chi connectivity index (χ4v) is 1.70. The zero-order valence-corrected chi connectivity index (χ0v) is 8.31. The van der Waals surface area contributed by atoms with Gasteiger partial charge >= 0.3 is 0 Å². The molecular formula is C11H18O. The van der Waals surface area contributed by atoms with E-state index in [4.69, 9.17) is 0 Å². The van der Waals surface area contributed by atoms with Gasteiger partial charge in [0, 0.05) is 11.8 Å². The molecule has 0 bridgehead atoms. The lowest BCUT2D eigenvalue weighted by Crippen LogP contribution is -2.32. The fraction of sp³-hybridized carbons (Fsp3) is 0.727. The normalized spacial score (nSPS) is 28.6. The highest BCUT2D eigenvalue weighted by Crippen LogP contribution is 2.37. The molecule has 1 aliphatic rings. The molecule has 0 radical (unpaired) electrons. The zero-order valence-electron chi connectivity index (χ0n) is 8.31. The predicted molar refractivity (Wildman–Crippen MR) is 50.9 cm³/mol. The number of allylic oxidation sites excluding steroid dienone is 1. The van der Waals surface area contributed by atoms with Crippen LogP contribution >= 0.6 is 0 Å². The molecule has 0 heterocycles. The van der Waals surface area contributed by atoms with E-state index in [-0.39, 0.29) is 5.41 Å². The van der Waals surface area contributed by atoms with E-state index in [0.717, 1.165) is 12.8 Å². The van der Waals surface area contributed by atoms with E-state index in [1.54, 1.807) is 0 Å². The Bertz CT molecular complexity index is 213. The van der Waals surface area contributed by atoms with E-state index in [1.165, 1.54) is 5.57 Å². The van der Waals surface area contributed by atoms with Crippen molar-refractivity contribution in [3.8, 4) is 0 Å². The van der Waals surface area contributed by atoms with Gasteiger partial charge in [0.05, 0.1) is 0 Å². The van der Waals surface area contributed by atoms with Crippen LogP contribution in [0.1, 0.15) is 40.0 Å². The Labute approximate surface area is 74.9 Å². The largest absolute Gasteiger partial charge is 0.299 e. The van der Waals surface area contributed by atoms with Gasteiger partial charge in [0.2, 0.25) is 0 Å². The predicted octanol–water partition coefficient (Wildman–Crippen LogP) is 2.96. The fourth-order valence-electron chi connectivity index (χ4n) is 1.70. The van der Waals surface area contributed by atoms with Crippen LogP contribution in [-0.4, -0.2) is 5.78 Å². The van der Waals surface area contributed by atoms with Crippen molar-refractivity contribution in [1.82, 2.24) is 0 Å². The summed E-state index contributed by atoms with van der Waals surface area (Å²) < 4.78 is 0. The number of ketones is 1. The minimum atomic E-state index is -0.0774. The third-order valence-corrected chi connectivity index (χ3v) is 3.00. The highest BCUT2D eigenvalue weighted by molar-refractivity contribution is 5.85. The van der Waals surface area contributed by atoms with Gasteiger partial charge in [-0.2, -0.15) is 0 Å². The lowest BCUT2D eigenvalue weighted by Gasteiger charge is -2.33. The van der Waals surface area contributed by atoms with Crippen molar-refractivity contribution >= 4 is 5.78 Å². The Morgan fingerprint density at radius 2 is 2.17 bits per heavy atom. The van der Waals surface area contributed by atoms with E-state index in [9.17, 15) is 4.79 Å². The average Bonchev–Trinajstić information content (AvgIpc) is 1.94. The lowest BCUT2D eigenvalue weighted by atomic mass is 9.70. The molecule has 1 aliphatic carbocycles.